The standard InChI is InChI=1S/C54H103NO10/c1-3-5-7-9-11-13-14-15-16-17-18-19-22-26-30-34-38-42-50(59)63-43-39-35-31-27-23-20-21-25-29-33-37-41-49(58)55-46(47(57)40-36-32-28-24-12-10-8-6-4-2)45-64-54-53(62)52(61)51(60)48(44-56)65-54/h36,40,46-48,51-54,56-57,60-62H,3-35,37-39,41-45H2,1-2H3,(H,55,58)/b40-36+. The van der Waals surface area contributed by atoms with Crippen LogP contribution in [0.25, 0.3) is 0 Å². The normalized spacial score (nSPS) is 19.8. The van der Waals surface area contributed by atoms with Crippen LogP contribution < -0.4 is 5.32 Å². The molecule has 0 saturated carbocycles. The van der Waals surface area contributed by atoms with Gasteiger partial charge in [0.2, 0.25) is 5.91 Å². The zero-order valence-corrected chi connectivity index (χ0v) is 42.0. The van der Waals surface area contributed by atoms with Crippen molar-refractivity contribution in [2.24, 2.45) is 0 Å². The molecule has 384 valence electrons. The van der Waals surface area contributed by atoms with Gasteiger partial charge in [-0.05, 0) is 32.1 Å². The van der Waals surface area contributed by atoms with Gasteiger partial charge in [-0.15, -0.1) is 0 Å². The maximum atomic E-state index is 13.0. The summed E-state index contributed by atoms with van der Waals surface area (Å²) in [6, 6.07) is -0.821. The second kappa shape index (κ2) is 44.9. The van der Waals surface area contributed by atoms with Crippen LogP contribution in [0, 0.1) is 0 Å². The molecule has 0 bridgehead atoms. The summed E-state index contributed by atoms with van der Waals surface area (Å²) in [6.07, 6.45) is 40.1. The van der Waals surface area contributed by atoms with Gasteiger partial charge < -0.3 is 45.1 Å². The van der Waals surface area contributed by atoms with E-state index in [9.17, 15) is 35.1 Å². The Morgan fingerprint density at radius 1 is 0.554 bits per heavy atom. The van der Waals surface area contributed by atoms with E-state index < -0.39 is 49.5 Å². The first kappa shape index (κ1) is 61.4. The Bertz CT molecular complexity index is 1090. The molecule has 7 unspecified atom stereocenters. The summed E-state index contributed by atoms with van der Waals surface area (Å²) in [5, 5.41) is 54.1. The number of rotatable bonds is 47. The van der Waals surface area contributed by atoms with Gasteiger partial charge in [0, 0.05) is 12.8 Å². The molecule has 6 N–H and O–H groups in total. The van der Waals surface area contributed by atoms with E-state index in [0.717, 1.165) is 70.6 Å². The van der Waals surface area contributed by atoms with Crippen LogP contribution in [0.15, 0.2) is 12.2 Å². The van der Waals surface area contributed by atoms with Gasteiger partial charge >= 0.3 is 5.97 Å². The topological polar surface area (TPSA) is 175 Å². The molecule has 1 heterocycles. The molecule has 1 aliphatic rings. The van der Waals surface area contributed by atoms with Crippen LogP contribution in [0.3, 0.4) is 0 Å². The molecular weight excluding hydrogens is 823 g/mol. The van der Waals surface area contributed by atoms with Crippen molar-refractivity contribution in [3.05, 3.63) is 12.2 Å². The summed E-state index contributed by atoms with van der Waals surface area (Å²) in [7, 11) is 0. The molecule has 0 aliphatic carbocycles. The predicted octanol–water partition coefficient (Wildman–Crippen LogP) is 11.6. The van der Waals surface area contributed by atoms with E-state index in [1.165, 1.54) is 161 Å². The Morgan fingerprint density at radius 3 is 1.43 bits per heavy atom. The lowest BCUT2D eigenvalue weighted by molar-refractivity contribution is -0.302. The van der Waals surface area contributed by atoms with Gasteiger partial charge in [0.25, 0.3) is 0 Å². The highest BCUT2D eigenvalue weighted by atomic mass is 16.7. The van der Waals surface area contributed by atoms with Crippen molar-refractivity contribution in [1.82, 2.24) is 5.32 Å². The molecule has 1 aliphatic heterocycles. The van der Waals surface area contributed by atoms with Gasteiger partial charge in [-0.25, -0.2) is 0 Å². The Morgan fingerprint density at radius 2 is 0.969 bits per heavy atom. The maximum Gasteiger partial charge on any atom is 0.305 e. The fraction of sp³-hybridized carbons (Fsp3) is 0.926. The van der Waals surface area contributed by atoms with Crippen LogP contribution in [-0.4, -0.2) is 100 Å². The minimum absolute atomic E-state index is 0.0358. The van der Waals surface area contributed by atoms with Crippen molar-refractivity contribution in [2.45, 2.75) is 301 Å². The lowest BCUT2D eigenvalue weighted by Gasteiger charge is -2.40. The van der Waals surface area contributed by atoms with Gasteiger partial charge in [0.05, 0.1) is 32.0 Å². The van der Waals surface area contributed by atoms with Crippen LogP contribution in [0.1, 0.15) is 258 Å². The van der Waals surface area contributed by atoms with Crippen molar-refractivity contribution < 1.29 is 49.3 Å². The molecular formula is C54H103NO10. The average molecular weight is 926 g/mol. The van der Waals surface area contributed by atoms with E-state index in [1.807, 2.05) is 6.08 Å². The van der Waals surface area contributed by atoms with Crippen LogP contribution in [0.2, 0.25) is 0 Å². The van der Waals surface area contributed by atoms with Gasteiger partial charge in [-0.3, -0.25) is 9.59 Å². The number of esters is 1. The molecule has 0 aromatic rings. The van der Waals surface area contributed by atoms with Crippen LogP contribution in [0.4, 0.5) is 0 Å². The number of ether oxygens (including phenoxy) is 3. The number of amides is 1. The molecule has 65 heavy (non-hydrogen) atoms. The Hall–Kier alpha value is -1.60. The first-order valence-electron chi connectivity index (χ1n) is 27.5. The molecule has 11 heteroatoms. The molecule has 1 saturated heterocycles. The quantitative estimate of drug-likeness (QED) is 0.0196. The summed E-state index contributed by atoms with van der Waals surface area (Å²) in [5.41, 5.74) is 0. The van der Waals surface area contributed by atoms with Gasteiger partial charge in [0.15, 0.2) is 6.29 Å². The third-order valence-electron chi connectivity index (χ3n) is 13.2. The minimum atomic E-state index is -1.58. The first-order chi connectivity index (χ1) is 31.7. The number of aliphatic hydroxyl groups is 5. The number of carbonyl (C=O) groups is 2. The summed E-state index contributed by atoms with van der Waals surface area (Å²) >= 11 is 0. The van der Waals surface area contributed by atoms with Gasteiger partial charge in [-0.2, -0.15) is 0 Å². The Kier molecular flexibility index (Phi) is 42.4. The van der Waals surface area contributed by atoms with E-state index in [-0.39, 0.29) is 18.5 Å². The van der Waals surface area contributed by atoms with Crippen molar-refractivity contribution in [3.8, 4) is 0 Å². The third kappa shape index (κ3) is 35.2. The van der Waals surface area contributed by atoms with E-state index in [0.29, 0.717) is 19.4 Å². The summed E-state index contributed by atoms with van der Waals surface area (Å²) in [5.74, 6) is -0.237. The zero-order valence-electron chi connectivity index (χ0n) is 42.0. The lowest BCUT2D eigenvalue weighted by atomic mass is 9.99. The van der Waals surface area contributed by atoms with Gasteiger partial charge in [0.1, 0.15) is 24.4 Å². The van der Waals surface area contributed by atoms with Crippen LogP contribution in [0.5, 0.6) is 0 Å². The molecule has 11 nitrogen and oxygen atoms in total. The molecule has 1 amide bonds. The number of carbonyl (C=O) groups excluding carboxylic acids is 2. The highest BCUT2D eigenvalue weighted by Gasteiger charge is 2.44. The molecule has 0 radical (unpaired) electrons. The first-order valence-corrected chi connectivity index (χ1v) is 27.5. The second-order valence-electron chi connectivity index (χ2n) is 19.3. The largest absolute Gasteiger partial charge is 0.466 e. The van der Waals surface area contributed by atoms with Crippen molar-refractivity contribution in [2.75, 3.05) is 19.8 Å². The number of nitrogens with one attached hydrogen (secondary N) is 1. The van der Waals surface area contributed by atoms with E-state index in [2.05, 4.69) is 19.2 Å². The fourth-order valence-electron chi connectivity index (χ4n) is 8.73. The molecule has 0 aromatic carbocycles. The third-order valence-corrected chi connectivity index (χ3v) is 13.2. The number of allylic oxidation sites excluding steroid dienone is 1. The van der Waals surface area contributed by atoms with Crippen LogP contribution >= 0.6 is 0 Å². The molecule has 0 spiro atoms. The van der Waals surface area contributed by atoms with Crippen LogP contribution in [-0.2, 0) is 23.8 Å². The molecule has 1 rings (SSSR count). The van der Waals surface area contributed by atoms with Crippen molar-refractivity contribution in [3.63, 3.8) is 0 Å². The summed E-state index contributed by atoms with van der Waals surface area (Å²) in [6.45, 7) is 4.26. The van der Waals surface area contributed by atoms with Crippen molar-refractivity contribution >= 4 is 11.9 Å². The van der Waals surface area contributed by atoms with Gasteiger partial charge in [-0.1, -0.05) is 225 Å². The molecule has 1 fully saturated rings. The van der Waals surface area contributed by atoms with E-state index >= 15 is 0 Å². The summed E-state index contributed by atoms with van der Waals surface area (Å²) in [4.78, 5) is 25.1. The number of unbranched alkanes of at least 4 members (excludes halogenated alkanes) is 33. The average Bonchev–Trinajstić information content (AvgIpc) is 3.30. The predicted molar refractivity (Wildman–Crippen MR) is 265 cm³/mol. The smallest absolute Gasteiger partial charge is 0.305 e. The summed E-state index contributed by atoms with van der Waals surface area (Å²) < 4.78 is 16.7. The number of aliphatic hydroxyl groups excluding tert-OH is 5. The van der Waals surface area contributed by atoms with Crippen molar-refractivity contribution in [1.29, 1.82) is 0 Å². The lowest BCUT2D eigenvalue weighted by Crippen LogP contribution is -2.60. The number of hydrogen-bond donors (Lipinski definition) is 6. The monoisotopic (exact) mass is 926 g/mol. The zero-order chi connectivity index (χ0) is 47.4. The van der Waals surface area contributed by atoms with E-state index in [4.69, 9.17) is 14.2 Å². The molecule has 7 atom stereocenters. The second-order valence-corrected chi connectivity index (χ2v) is 19.3. The molecule has 0 aromatic heterocycles. The van der Waals surface area contributed by atoms with E-state index in [1.54, 1.807) is 6.08 Å². The highest BCUT2D eigenvalue weighted by Crippen LogP contribution is 2.23. The SMILES string of the molecule is CCCCCCCCC/C=C/C(O)C(COC1OC(CO)C(O)C(O)C1O)NC(=O)CCCCCCCCCCCCCOC(=O)CCCCCCCCCCCCCCCCCCC. The maximum absolute atomic E-state index is 13.0. The Balaban J connectivity index is 2.09. The highest BCUT2D eigenvalue weighted by molar-refractivity contribution is 5.76. The Labute approximate surface area is 398 Å². The fourth-order valence-corrected chi connectivity index (χ4v) is 8.73. The minimum Gasteiger partial charge on any atom is -0.466 e. The number of hydrogen-bond acceptors (Lipinski definition) is 10.